The summed E-state index contributed by atoms with van der Waals surface area (Å²) in [6.45, 7) is 1.23. The zero-order valence-electron chi connectivity index (χ0n) is 11.8. The largest absolute Gasteiger partial charge is 0.493 e. The van der Waals surface area contributed by atoms with E-state index in [4.69, 9.17) is 25.8 Å². The molecule has 1 saturated heterocycles. The number of benzene rings is 1. The number of fused-ring (bicyclic) bond motifs is 1. The number of methoxy groups -OCH3 is 1. The summed E-state index contributed by atoms with van der Waals surface area (Å²) in [7, 11) is 3.09. The maximum atomic E-state index is 12.1. The van der Waals surface area contributed by atoms with E-state index in [0.29, 0.717) is 35.5 Å². The SMILES string of the molecule is COc1cc2c(=O)n(C)nc(Cl)c2cc1OC1CCOC1. The van der Waals surface area contributed by atoms with Crippen molar-refractivity contribution in [2.24, 2.45) is 7.05 Å². The maximum Gasteiger partial charge on any atom is 0.274 e. The smallest absolute Gasteiger partial charge is 0.274 e. The van der Waals surface area contributed by atoms with Gasteiger partial charge in [-0.1, -0.05) is 11.6 Å². The quantitative estimate of drug-likeness (QED) is 0.864. The van der Waals surface area contributed by atoms with Crippen molar-refractivity contribution in [1.82, 2.24) is 9.78 Å². The van der Waals surface area contributed by atoms with Crippen LogP contribution in [0.2, 0.25) is 5.15 Å². The topological polar surface area (TPSA) is 62.6 Å². The fourth-order valence-corrected chi connectivity index (χ4v) is 2.62. The normalized spacial score (nSPS) is 18.1. The van der Waals surface area contributed by atoms with Gasteiger partial charge >= 0.3 is 0 Å². The highest BCUT2D eigenvalue weighted by atomic mass is 35.5. The van der Waals surface area contributed by atoms with E-state index in [1.165, 1.54) is 11.8 Å². The fraction of sp³-hybridized carbons (Fsp3) is 0.429. The summed E-state index contributed by atoms with van der Waals surface area (Å²) in [5.41, 5.74) is -0.233. The first-order valence-electron chi connectivity index (χ1n) is 6.59. The third kappa shape index (κ3) is 2.56. The molecule has 1 aliphatic heterocycles. The van der Waals surface area contributed by atoms with Crippen molar-refractivity contribution in [2.45, 2.75) is 12.5 Å². The minimum Gasteiger partial charge on any atom is -0.493 e. The molecule has 21 heavy (non-hydrogen) atoms. The predicted molar refractivity (Wildman–Crippen MR) is 78.4 cm³/mol. The first-order chi connectivity index (χ1) is 10.1. The highest BCUT2D eigenvalue weighted by molar-refractivity contribution is 6.34. The lowest BCUT2D eigenvalue weighted by Gasteiger charge is -2.16. The van der Waals surface area contributed by atoms with Gasteiger partial charge in [-0.3, -0.25) is 4.79 Å². The molecule has 0 radical (unpaired) electrons. The molecule has 0 aliphatic carbocycles. The van der Waals surface area contributed by atoms with E-state index in [-0.39, 0.29) is 16.8 Å². The third-order valence-electron chi connectivity index (χ3n) is 3.47. The van der Waals surface area contributed by atoms with Gasteiger partial charge in [0.05, 0.1) is 25.7 Å². The van der Waals surface area contributed by atoms with Gasteiger partial charge in [0.15, 0.2) is 16.7 Å². The van der Waals surface area contributed by atoms with Crippen LogP contribution in [0, 0.1) is 0 Å². The van der Waals surface area contributed by atoms with Crippen molar-refractivity contribution >= 4 is 22.4 Å². The molecule has 112 valence electrons. The Kier molecular flexibility index (Phi) is 3.73. The lowest BCUT2D eigenvalue weighted by Crippen LogP contribution is -2.20. The van der Waals surface area contributed by atoms with Crippen LogP contribution in [0.3, 0.4) is 0 Å². The maximum absolute atomic E-state index is 12.1. The van der Waals surface area contributed by atoms with Crippen LogP contribution in [-0.2, 0) is 11.8 Å². The van der Waals surface area contributed by atoms with Gasteiger partial charge < -0.3 is 14.2 Å². The van der Waals surface area contributed by atoms with Crippen LogP contribution in [-0.4, -0.2) is 36.2 Å². The van der Waals surface area contributed by atoms with Crippen LogP contribution >= 0.6 is 11.6 Å². The third-order valence-corrected chi connectivity index (χ3v) is 3.75. The van der Waals surface area contributed by atoms with Crippen LogP contribution in [0.15, 0.2) is 16.9 Å². The number of ether oxygens (including phenoxy) is 3. The van der Waals surface area contributed by atoms with Crippen molar-refractivity contribution in [3.05, 3.63) is 27.6 Å². The summed E-state index contributed by atoms with van der Waals surface area (Å²) in [4.78, 5) is 12.1. The lowest BCUT2D eigenvalue weighted by molar-refractivity contribution is 0.139. The second-order valence-corrected chi connectivity index (χ2v) is 5.23. The number of aromatic nitrogens is 2. The molecule has 1 aromatic carbocycles. The molecule has 0 spiro atoms. The van der Waals surface area contributed by atoms with E-state index in [2.05, 4.69) is 5.10 Å². The van der Waals surface area contributed by atoms with Gasteiger partial charge in [-0.15, -0.1) is 0 Å². The van der Waals surface area contributed by atoms with Gasteiger partial charge in [0.2, 0.25) is 0 Å². The Morgan fingerprint density at radius 3 is 2.81 bits per heavy atom. The molecule has 2 heterocycles. The van der Waals surface area contributed by atoms with E-state index in [1.54, 1.807) is 19.2 Å². The standard InChI is InChI=1S/C14H15ClN2O4/c1-17-14(18)10-6-11(19-2)12(5-9(10)13(15)16-17)21-8-3-4-20-7-8/h5-6,8H,3-4,7H2,1-2H3. The molecule has 0 saturated carbocycles. The van der Waals surface area contributed by atoms with E-state index in [1.807, 2.05) is 0 Å². The first kappa shape index (κ1) is 14.2. The minimum absolute atomic E-state index is 0.0189. The summed E-state index contributed by atoms with van der Waals surface area (Å²) in [6, 6.07) is 3.33. The van der Waals surface area contributed by atoms with E-state index >= 15 is 0 Å². The van der Waals surface area contributed by atoms with Gasteiger partial charge in [0.1, 0.15) is 6.10 Å². The number of halogens is 1. The van der Waals surface area contributed by atoms with Crippen molar-refractivity contribution in [1.29, 1.82) is 0 Å². The average molecular weight is 311 g/mol. The number of aryl methyl sites for hydroxylation is 1. The predicted octanol–water partition coefficient (Wildman–Crippen LogP) is 1.76. The molecular formula is C14H15ClN2O4. The monoisotopic (exact) mass is 310 g/mol. The molecule has 1 fully saturated rings. The van der Waals surface area contributed by atoms with Crippen LogP contribution in [0.5, 0.6) is 11.5 Å². The molecule has 3 rings (SSSR count). The van der Waals surface area contributed by atoms with Crippen molar-refractivity contribution in [2.75, 3.05) is 20.3 Å². The molecule has 6 nitrogen and oxygen atoms in total. The summed E-state index contributed by atoms with van der Waals surface area (Å²) in [5.74, 6) is 1.03. The molecule has 0 N–H and O–H groups in total. The molecule has 7 heteroatoms. The number of nitrogens with zero attached hydrogens (tertiary/aromatic N) is 2. The summed E-state index contributed by atoms with van der Waals surface area (Å²) >= 11 is 6.13. The average Bonchev–Trinajstić information content (AvgIpc) is 2.97. The summed E-state index contributed by atoms with van der Waals surface area (Å²) in [5, 5.41) is 5.23. The number of hydrogen-bond donors (Lipinski definition) is 0. The van der Waals surface area contributed by atoms with Crippen LogP contribution in [0.4, 0.5) is 0 Å². The molecule has 1 unspecified atom stereocenters. The highest BCUT2D eigenvalue weighted by Crippen LogP contribution is 2.34. The van der Waals surface area contributed by atoms with E-state index < -0.39 is 0 Å². The van der Waals surface area contributed by atoms with Crippen molar-refractivity contribution < 1.29 is 14.2 Å². The second kappa shape index (κ2) is 5.54. The van der Waals surface area contributed by atoms with Crippen molar-refractivity contribution in [3.8, 4) is 11.5 Å². The van der Waals surface area contributed by atoms with Gasteiger partial charge in [0, 0.05) is 18.9 Å². The fourth-order valence-electron chi connectivity index (χ4n) is 2.35. The Bertz CT molecular complexity index is 738. The Morgan fingerprint density at radius 2 is 2.14 bits per heavy atom. The molecule has 0 bridgehead atoms. The molecule has 1 atom stereocenters. The van der Waals surface area contributed by atoms with Gasteiger partial charge in [-0.05, 0) is 12.1 Å². The van der Waals surface area contributed by atoms with Crippen LogP contribution < -0.4 is 15.0 Å². The van der Waals surface area contributed by atoms with Gasteiger partial charge in [-0.2, -0.15) is 5.10 Å². The van der Waals surface area contributed by atoms with E-state index in [0.717, 1.165) is 6.42 Å². The zero-order valence-corrected chi connectivity index (χ0v) is 12.5. The highest BCUT2D eigenvalue weighted by Gasteiger charge is 2.20. The molecular weight excluding hydrogens is 296 g/mol. The summed E-state index contributed by atoms with van der Waals surface area (Å²) < 4.78 is 17.7. The minimum atomic E-state index is -0.233. The molecule has 0 amide bonds. The van der Waals surface area contributed by atoms with Crippen LogP contribution in [0.25, 0.3) is 10.8 Å². The number of hydrogen-bond acceptors (Lipinski definition) is 5. The molecule has 1 aliphatic rings. The molecule has 1 aromatic heterocycles. The first-order valence-corrected chi connectivity index (χ1v) is 6.97. The summed E-state index contributed by atoms with van der Waals surface area (Å²) in [6.07, 6.45) is 0.804. The van der Waals surface area contributed by atoms with Gasteiger partial charge in [0.25, 0.3) is 5.56 Å². The molecule has 2 aromatic rings. The Labute approximate surface area is 126 Å². The zero-order chi connectivity index (χ0) is 15.0. The Balaban J connectivity index is 2.13. The second-order valence-electron chi connectivity index (χ2n) is 4.87. The van der Waals surface area contributed by atoms with E-state index in [9.17, 15) is 4.79 Å². The van der Waals surface area contributed by atoms with Crippen molar-refractivity contribution in [3.63, 3.8) is 0 Å². The van der Waals surface area contributed by atoms with Crippen LogP contribution in [0.1, 0.15) is 6.42 Å². The lowest BCUT2D eigenvalue weighted by atomic mass is 10.1. The Morgan fingerprint density at radius 1 is 1.38 bits per heavy atom. The Hall–Kier alpha value is -1.79. The number of rotatable bonds is 3. The van der Waals surface area contributed by atoms with Gasteiger partial charge in [-0.25, -0.2) is 4.68 Å².